The van der Waals surface area contributed by atoms with E-state index < -0.39 is 11.5 Å². The summed E-state index contributed by atoms with van der Waals surface area (Å²) in [6.07, 6.45) is 2.82. The van der Waals surface area contributed by atoms with Crippen molar-refractivity contribution in [3.8, 4) is 0 Å². The van der Waals surface area contributed by atoms with E-state index in [0.717, 1.165) is 12.8 Å². The molecule has 0 saturated heterocycles. The van der Waals surface area contributed by atoms with Crippen LogP contribution in [-0.4, -0.2) is 28.4 Å². The van der Waals surface area contributed by atoms with Crippen LogP contribution in [0.2, 0.25) is 0 Å². The van der Waals surface area contributed by atoms with Crippen LogP contribution in [0.1, 0.15) is 31.7 Å². The van der Waals surface area contributed by atoms with Gasteiger partial charge in [0.05, 0.1) is 0 Å². The third-order valence-electron chi connectivity index (χ3n) is 3.61. The summed E-state index contributed by atoms with van der Waals surface area (Å²) in [4.78, 5) is 24.6. The predicted octanol–water partition coefficient (Wildman–Crippen LogP) is 2.00. The van der Waals surface area contributed by atoms with Gasteiger partial charge in [0.25, 0.3) is 0 Å². The zero-order chi connectivity index (χ0) is 13.2. The van der Waals surface area contributed by atoms with Gasteiger partial charge in [0, 0.05) is 6.04 Å². The van der Waals surface area contributed by atoms with Gasteiger partial charge in [-0.2, -0.15) is 0 Å². The Labute approximate surface area is 106 Å². The lowest BCUT2D eigenvalue weighted by molar-refractivity contribution is -0.157. The quantitative estimate of drug-likeness (QED) is 0.782. The van der Waals surface area contributed by atoms with Gasteiger partial charge < -0.3 is 10.0 Å². The van der Waals surface area contributed by atoms with E-state index in [2.05, 4.69) is 0 Å². The molecule has 0 aromatic heterocycles. The number of amides is 1. The van der Waals surface area contributed by atoms with Gasteiger partial charge in [-0.25, -0.2) is 4.79 Å². The molecule has 1 unspecified atom stereocenters. The van der Waals surface area contributed by atoms with Gasteiger partial charge in [-0.05, 0) is 24.8 Å². The minimum atomic E-state index is -1.23. The Morgan fingerprint density at radius 2 is 2.06 bits per heavy atom. The molecule has 0 heterocycles. The molecule has 1 fully saturated rings. The summed E-state index contributed by atoms with van der Waals surface area (Å²) in [5.41, 5.74) is -0.566. The fourth-order valence-corrected chi connectivity index (χ4v) is 2.48. The number of hydrogen-bond acceptors (Lipinski definition) is 2. The molecular weight excluding hydrogens is 230 g/mol. The largest absolute Gasteiger partial charge is 0.479 e. The van der Waals surface area contributed by atoms with Crippen molar-refractivity contribution < 1.29 is 14.7 Å². The predicted molar refractivity (Wildman–Crippen MR) is 67.0 cm³/mol. The number of rotatable bonds is 6. The molecule has 1 N–H and O–H groups in total. The van der Waals surface area contributed by atoms with Crippen LogP contribution in [0.5, 0.6) is 0 Å². The van der Waals surface area contributed by atoms with Crippen molar-refractivity contribution in [2.45, 2.75) is 37.8 Å². The molecule has 0 radical (unpaired) electrons. The van der Waals surface area contributed by atoms with E-state index in [0.29, 0.717) is 18.4 Å². The van der Waals surface area contributed by atoms with E-state index in [-0.39, 0.29) is 6.04 Å². The number of carbonyl (C=O) groups is 2. The van der Waals surface area contributed by atoms with Crippen LogP contribution in [-0.2, 0) is 15.1 Å². The Balaban J connectivity index is 2.51. The van der Waals surface area contributed by atoms with Crippen LogP contribution >= 0.6 is 0 Å². The fraction of sp³-hybridized carbons (Fsp3) is 0.429. The maximum atomic E-state index is 11.8. The standard InChI is InChI=1S/C14H17NO3/c1-2-14(13(17)18,11-6-4-3-5-7-11)15(10-16)12-8-9-12/h3-7,10,12H,2,8-9H2,1H3,(H,17,18). The van der Waals surface area contributed by atoms with E-state index >= 15 is 0 Å². The van der Waals surface area contributed by atoms with Gasteiger partial charge in [-0.15, -0.1) is 0 Å². The van der Waals surface area contributed by atoms with Gasteiger partial charge >= 0.3 is 5.97 Å². The molecule has 1 aliphatic carbocycles. The molecule has 0 bridgehead atoms. The van der Waals surface area contributed by atoms with Gasteiger partial charge in [-0.3, -0.25) is 4.79 Å². The first-order chi connectivity index (χ1) is 8.66. The van der Waals surface area contributed by atoms with E-state index in [9.17, 15) is 14.7 Å². The summed E-state index contributed by atoms with van der Waals surface area (Å²) in [5.74, 6) is -0.963. The smallest absolute Gasteiger partial charge is 0.334 e. The van der Waals surface area contributed by atoms with E-state index in [1.54, 1.807) is 31.2 Å². The second kappa shape index (κ2) is 4.80. The van der Waals surface area contributed by atoms with Crippen molar-refractivity contribution in [2.75, 3.05) is 0 Å². The van der Waals surface area contributed by atoms with Crippen molar-refractivity contribution in [2.24, 2.45) is 0 Å². The van der Waals surface area contributed by atoms with Crippen LogP contribution in [0.15, 0.2) is 30.3 Å². The van der Waals surface area contributed by atoms with Crippen molar-refractivity contribution >= 4 is 12.4 Å². The molecule has 0 spiro atoms. The Morgan fingerprint density at radius 3 is 2.44 bits per heavy atom. The molecule has 4 nitrogen and oxygen atoms in total. The average molecular weight is 247 g/mol. The summed E-state index contributed by atoms with van der Waals surface area (Å²) < 4.78 is 0. The average Bonchev–Trinajstić information content (AvgIpc) is 3.20. The number of carboxylic acid groups (broad SMARTS) is 1. The second-order valence-corrected chi connectivity index (χ2v) is 4.63. The van der Waals surface area contributed by atoms with Gasteiger partial charge in [0.15, 0.2) is 5.54 Å². The van der Waals surface area contributed by atoms with E-state index in [1.165, 1.54) is 4.90 Å². The normalized spacial score (nSPS) is 17.8. The number of aliphatic carboxylic acids is 1. The molecule has 4 heteroatoms. The lowest BCUT2D eigenvalue weighted by atomic mass is 9.85. The fourth-order valence-electron chi connectivity index (χ4n) is 2.48. The Hall–Kier alpha value is -1.84. The maximum absolute atomic E-state index is 11.8. The van der Waals surface area contributed by atoms with Crippen molar-refractivity contribution in [1.29, 1.82) is 0 Å². The molecule has 1 aromatic rings. The first-order valence-corrected chi connectivity index (χ1v) is 6.19. The third-order valence-corrected chi connectivity index (χ3v) is 3.61. The van der Waals surface area contributed by atoms with Gasteiger partial charge in [-0.1, -0.05) is 37.3 Å². The minimum Gasteiger partial charge on any atom is -0.479 e. The van der Waals surface area contributed by atoms with Crippen LogP contribution in [0.25, 0.3) is 0 Å². The van der Waals surface area contributed by atoms with Crippen LogP contribution in [0.4, 0.5) is 0 Å². The Kier molecular flexibility index (Phi) is 3.36. The molecule has 1 amide bonds. The summed E-state index contributed by atoms with van der Waals surface area (Å²) in [6.45, 7) is 1.81. The molecule has 1 aromatic carbocycles. The first kappa shape index (κ1) is 12.6. The zero-order valence-electron chi connectivity index (χ0n) is 10.4. The number of carboxylic acids is 1. The maximum Gasteiger partial charge on any atom is 0.334 e. The molecule has 1 saturated carbocycles. The summed E-state index contributed by atoms with van der Waals surface area (Å²) >= 11 is 0. The van der Waals surface area contributed by atoms with E-state index in [4.69, 9.17) is 0 Å². The van der Waals surface area contributed by atoms with Crippen molar-refractivity contribution in [3.63, 3.8) is 0 Å². The molecule has 1 aliphatic rings. The van der Waals surface area contributed by atoms with Crippen LogP contribution < -0.4 is 0 Å². The number of carbonyl (C=O) groups excluding carboxylic acids is 1. The van der Waals surface area contributed by atoms with E-state index in [1.807, 2.05) is 6.07 Å². The highest BCUT2D eigenvalue weighted by Gasteiger charge is 2.49. The second-order valence-electron chi connectivity index (χ2n) is 4.63. The first-order valence-electron chi connectivity index (χ1n) is 6.19. The summed E-state index contributed by atoms with van der Waals surface area (Å²) in [6, 6.07) is 9.07. The van der Waals surface area contributed by atoms with Gasteiger partial charge in [0.1, 0.15) is 0 Å². The highest BCUT2D eigenvalue weighted by Crippen LogP contribution is 2.39. The zero-order valence-corrected chi connectivity index (χ0v) is 10.4. The van der Waals surface area contributed by atoms with Crippen LogP contribution in [0.3, 0.4) is 0 Å². The highest BCUT2D eigenvalue weighted by molar-refractivity contribution is 5.83. The number of benzene rings is 1. The Morgan fingerprint density at radius 1 is 1.44 bits per heavy atom. The lowest BCUT2D eigenvalue weighted by Crippen LogP contribution is -2.52. The molecule has 2 rings (SSSR count). The number of nitrogens with zero attached hydrogens (tertiary/aromatic N) is 1. The molecule has 0 aliphatic heterocycles. The molecular formula is C14H17NO3. The molecule has 1 atom stereocenters. The van der Waals surface area contributed by atoms with Crippen molar-refractivity contribution in [3.05, 3.63) is 35.9 Å². The SMILES string of the molecule is CCC(C(=O)O)(c1ccccc1)N(C=O)C1CC1. The summed E-state index contributed by atoms with van der Waals surface area (Å²) in [7, 11) is 0. The van der Waals surface area contributed by atoms with Gasteiger partial charge in [0.2, 0.25) is 6.41 Å². The highest BCUT2D eigenvalue weighted by atomic mass is 16.4. The molecule has 18 heavy (non-hydrogen) atoms. The minimum absolute atomic E-state index is 0.0683. The lowest BCUT2D eigenvalue weighted by Gasteiger charge is -2.38. The molecule has 96 valence electrons. The topological polar surface area (TPSA) is 57.6 Å². The number of hydrogen-bond donors (Lipinski definition) is 1. The van der Waals surface area contributed by atoms with Crippen molar-refractivity contribution in [1.82, 2.24) is 4.90 Å². The Bertz CT molecular complexity index is 442. The summed E-state index contributed by atoms with van der Waals surface area (Å²) in [5, 5.41) is 9.65. The third kappa shape index (κ3) is 1.88. The monoisotopic (exact) mass is 247 g/mol. The van der Waals surface area contributed by atoms with Crippen LogP contribution in [0, 0.1) is 0 Å².